The van der Waals surface area contributed by atoms with Gasteiger partial charge in [-0.05, 0) is 18.8 Å². The van der Waals surface area contributed by atoms with Gasteiger partial charge in [-0.3, -0.25) is 4.79 Å². The fourth-order valence-corrected chi connectivity index (χ4v) is 3.44. The summed E-state index contributed by atoms with van der Waals surface area (Å²) in [5, 5.41) is 3.17. The molecule has 2 heterocycles. The van der Waals surface area contributed by atoms with Crippen molar-refractivity contribution in [3.63, 3.8) is 0 Å². The van der Waals surface area contributed by atoms with Crippen LogP contribution >= 0.6 is 11.3 Å². The van der Waals surface area contributed by atoms with Gasteiger partial charge in [0.1, 0.15) is 0 Å². The van der Waals surface area contributed by atoms with E-state index in [0.29, 0.717) is 12.8 Å². The Hall–Kier alpha value is -1.10. The number of nitrogens with zero attached hydrogens (tertiary/aromatic N) is 2. The van der Waals surface area contributed by atoms with Crippen LogP contribution in [-0.4, -0.2) is 31.2 Å². The van der Waals surface area contributed by atoms with Crippen LogP contribution in [0, 0.1) is 5.92 Å². The predicted octanol–water partition coefficient (Wildman–Crippen LogP) is 2.88. The Labute approximate surface area is 118 Å². The van der Waals surface area contributed by atoms with Gasteiger partial charge in [0, 0.05) is 24.9 Å². The number of ether oxygens (including phenoxy) is 1. The first-order chi connectivity index (χ1) is 9.22. The molecule has 2 rings (SSSR count). The number of aryl methyl sites for hydroxylation is 1. The zero-order chi connectivity index (χ0) is 13.7. The summed E-state index contributed by atoms with van der Waals surface area (Å²) in [7, 11) is 1.42. The summed E-state index contributed by atoms with van der Waals surface area (Å²) >= 11 is 1.69. The number of esters is 1. The summed E-state index contributed by atoms with van der Waals surface area (Å²) < 4.78 is 4.65. The normalized spacial score (nSPS) is 18.8. The van der Waals surface area contributed by atoms with Gasteiger partial charge in [-0.25, -0.2) is 4.98 Å². The molecule has 1 unspecified atom stereocenters. The Morgan fingerprint density at radius 2 is 2.47 bits per heavy atom. The molecule has 0 radical (unpaired) electrons. The van der Waals surface area contributed by atoms with Gasteiger partial charge in [-0.2, -0.15) is 0 Å². The van der Waals surface area contributed by atoms with Crippen molar-refractivity contribution in [3.05, 3.63) is 11.1 Å². The molecular weight excluding hydrogens is 260 g/mol. The van der Waals surface area contributed by atoms with Crippen molar-refractivity contribution in [1.29, 1.82) is 0 Å². The molecule has 106 valence electrons. The first-order valence-electron chi connectivity index (χ1n) is 6.99. The molecule has 1 saturated heterocycles. The number of carbonyl (C=O) groups is 1. The van der Waals surface area contributed by atoms with Crippen molar-refractivity contribution in [1.82, 2.24) is 4.98 Å². The Morgan fingerprint density at radius 1 is 1.63 bits per heavy atom. The lowest BCUT2D eigenvalue weighted by Crippen LogP contribution is -2.19. The van der Waals surface area contributed by atoms with E-state index < -0.39 is 0 Å². The first-order valence-corrected chi connectivity index (χ1v) is 7.87. The van der Waals surface area contributed by atoms with Gasteiger partial charge in [-0.15, -0.1) is 11.3 Å². The van der Waals surface area contributed by atoms with Crippen LogP contribution in [-0.2, 0) is 16.0 Å². The second-order valence-electron chi connectivity index (χ2n) is 5.09. The van der Waals surface area contributed by atoms with Crippen molar-refractivity contribution >= 4 is 22.4 Å². The maximum atomic E-state index is 11.1. The molecule has 0 saturated carbocycles. The van der Waals surface area contributed by atoms with Gasteiger partial charge in [-0.1, -0.05) is 13.3 Å². The Morgan fingerprint density at radius 3 is 3.21 bits per heavy atom. The van der Waals surface area contributed by atoms with E-state index in [-0.39, 0.29) is 5.97 Å². The Kier molecular flexibility index (Phi) is 5.19. The van der Waals surface area contributed by atoms with Crippen LogP contribution in [0.4, 0.5) is 5.13 Å². The lowest BCUT2D eigenvalue weighted by atomic mass is 10.0. The average molecular weight is 282 g/mol. The second-order valence-corrected chi connectivity index (χ2v) is 5.92. The van der Waals surface area contributed by atoms with Crippen LogP contribution in [0.5, 0.6) is 0 Å². The summed E-state index contributed by atoms with van der Waals surface area (Å²) in [4.78, 5) is 18.1. The van der Waals surface area contributed by atoms with Gasteiger partial charge in [0.2, 0.25) is 0 Å². The summed E-state index contributed by atoms with van der Waals surface area (Å²) in [6, 6.07) is 0. The molecule has 1 aliphatic heterocycles. The molecule has 0 aliphatic carbocycles. The minimum atomic E-state index is -0.168. The van der Waals surface area contributed by atoms with Gasteiger partial charge in [0.05, 0.1) is 19.2 Å². The predicted molar refractivity (Wildman–Crippen MR) is 77.7 cm³/mol. The van der Waals surface area contributed by atoms with E-state index in [1.165, 1.54) is 26.4 Å². The zero-order valence-electron chi connectivity index (χ0n) is 11.7. The minimum absolute atomic E-state index is 0.168. The molecule has 1 aliphatic rings. The van der Waals surface area contributed by atoms with Crippen LogP contribution in [0.3, 0.4) is 0 Å². The highest BCUT2D eigenvalue weighted by Crippen LogP contribution is 2.29. The van der Waals surface area contributed by atoms with Gasteiger partial charge < -0.3 is 9.64 Å². The molecule has 0 spiro atoms. The van der Waals surface area contributed by atoms with Crippen molar-refractivity contribution in [2.45, 2.75) is 39.0 Å². The van der Waals surface area contributed by atoms with E-state index in [2.05, 4.69) is 26.9 Å². The highest BCUT2D eigenvalue weighted by Gasteiger charge is 2.23. The highest BCUT2D eigenvalue weighted by atomic mass is 32.1. The second kappa shape index (κ2) is 6.89. The van der Waals surface area contributed by atoms with Crippen LogP contribution in [0.2, 0.25) is 0 Å². The van der Waals surface area contributed by atoms with E-state index in [1.54, 1.807) is 11.3 Å². The molecule has 0 aromatic carbocycles. The largest absolute Gasteiger partial charge is 0.469 e. The number of rotatable bonds is 6. The monoisotopic (exact) mass is 282 g/mol. The van der Waals surface area contributed by atoms with Crippen molar-refractivity contribution < 1.29 is 9.53 Å². The Balaban J connectivity index is 1.85. The van der Waals surface area contributed by atoms with Gasteiger partial charge in [0.15, 0.2) is 5.13 Å². The minimum Gasteiger partial charge on any atom is -0.469 e. The van der Waals surface area contributed by atoms with E-state index in [1.807, 2.05) is 0 Å². The lowest BCUT2D eigenvalue weighted by molar-refractivity contribution is -0.140. The van der Waals surface area contributed by atoms with Crippen LogP contribution in [0.1, 0.15) is 38.3 Å². The number of anilines is 1. The average Bonchev–Trinajstić information content (AvgIpc) is 3.05. The van der Waals surface area contributed by atoms with Crippen LogP contribution < -0.4 is 4.90 Å². The molecule has 19 heavy (non-hydrogen) atoms. The molecule has 1 atom stereocenters. The smallest absolute Gasteiger partial charge is 0.305 e. The maximum absolute atomic E-state index is 11.1. The first kappa shape index (κ1) is 14.3. The third-order valence-electron chi connectivity index (χ3n) is 3.61. The number of hydrogen-bond acceptors (Lipinski definition) is 5. The summed E-state index contributed by atoms with van der Waals surface area (Å²) in [6.45, 7) is 4.50. The molecule has 0 N–H and O–H groups in total. The summed E-state index contributed by atoms with van der Waals surface area (Å²) in [6.07, 6.45) is 4.95. The number of methoxy groups -OCH3 is 1. The van der Waals surface area contributed by atoms with E-state index in [0.717, 1.165) is 29.8 Å². The number of aromatic nitrogens is 1. The molecule has 1 aromatic heterocycles. The topological polar surface area (TPSA) is 42.4 Å². The molecule has 1 fully saturated rings. The molecule has 1 aromatic rings. The molecular formula is C14H22N2O2S. The van der Waals surface area contributed by atoms with Crippen molar-refractivity contribution in [2.75, 3.05) is 25.1 Å². The standard InChI is InChI=1S/C14H22N2O2S/c1-3-4-11-7-8-16(9-11)14-15-12(10-19-14)5-6-13(17)18-2/h10-11H,3-9H2,1-2H3. The maximum Gasteiger partial charge on any atom is 0.305 e. The quantitative estimate of drug-likeness (QED) is 0.752. The Bertz CT molecular complexity index is 419. The fourth-order valence-electron chi connectivity index (χ4n) is 2.54. The van der Waals surface area contributed by atoms with E-state index in [9.17, 15) is 4.79 Å². The third kappa shape index (κ3) is 3.93. The molecule has 4 nitrogen and oxygen atoms in total. The number of carbonyl (C=O) groups excluding carboxylic acids is 1. The molecule has 0 bridgehead atoms. The zero-order valence-corrected chi connectivity index (χ0v) is 12.5. The van der Waals surface area contributed by atoms with Crippen LogP contribution in [0.25, 0.3) is 0 Å². The highest BCUT2D eigenvalue weighted by molar-refractivity contribution is 7.13. The molecule has 5 heteroatoms. The van der Waals surface area contributed by atoms with Gasteiger partial charge >= 0.3 is 5.97 Å². The van der Waals surface area contributed by atoms with Crippen molar-refractivity contribution in [3.8, 4) is 0 Å². The lowest BCUT2D eigenvalue weighted by Gasteiger charge is -2.14. The fraction of sp³-hybridized carbons (Fsp3) is 0.714. The molecule has 0 amide bonds. The summed E-state index contributed by atoms with van der Waals surface area (Å²) in [5.41, 5.74) is 1.00. The van der Waals surface area contributed by atoms with E-state index >= 15 is 0 Å². The van der Waals surface area contributed by atoms with Crippen LogP contribution in [0.15, 0.2) is 5.38 Å². The van der Waals surface area contributed by atoms with Crippen molar-refractivity contribution in [2.24, 2.45) is 5.92 Å². The third-order valence-corrected chi connectivity index (χ3v) is 4.56. The number of thiazole rings is 1. The van der Waals surface area contributed by atoms with Gasteiger partial charge in [0.25, 0.3) is 0 Å². The SMILES string of the molecule is CCCC1CCN(c2nc(CCC(=O)OC)cs2)C1. The number of hydrogen-bond donors (Lipinski definition) is 0. The van der Waals surface area contributed by atoms with E-state index in [4.69, 9.17) is 0 Å². The summed E-state index contributed by atoms with van der Waals surface area (Å²) in [5.74, 6) is 0.658.